The average molecular weight is 899 g/mol. The van der Waals surface area contributed by atoms with Gasteiger partial charge in [0.2, 0.25) is 23.6 Å². The highest BCUT2D eigenvalue weighted by Gasteiger charge is 2.45. The van der Waals surface area contributed by atoms with Crippen molar-refractivity contribution in [1.82, 2.24) is 34.9 Å². The molecule has 3 aromatic carbocycles. The fraction of sp³-hybridized carbons (Fsp3) is 0.340. The lowest BCUT2D eigenvalue weighted by molar-refractivity contribution is -0.136. The summed E-state index contributed by atoms with van der Waals surface area (Å²) in [5, 5.41) is 10.6. The van der Waals surface area contributed by atoms with Gasteiger partial charge in [0.05, 0.1) is 41.3 Å². The molecule has 1 unspecified atom stereocenters. The monoisotopic (exact) mass is 898 g/mol. The maximum atomic E-state index is 13.3. The van der Waals surface area contributed by atoms with E-state index in [2.05, 4.69) is 25.5 Å². The number of hydrogen-bond donors (Lipinski definition) is 4. The normalized spacial score (nSPS) is 16.8. The second-order valence-corrected chi connectivity index (χ2v) is 16.1. The number of amides is 6. The predicted octanol–water partition coefficient (Wildman–Crippen LogP) is 4.25. The molecule has 8 rings (SSSR count). The number of para-hydroxylation sites is 1. The Kier molecular flexibility index (Phi) is 14.2. The molecule has 5 heterocycles. The molecule has 6 amide bonds. The number of primary amides is 1. The molecular formula is C47H50N10O9. The summed E-state index contributed by atoms with van der Waals surface area (Å²) < 4.78 is 19.6. The van der Waals surface area contributed by atoms with E-state index in [-0.39, 0.29) is 48.7 Å². The molecule has 3 aliphatic heterocycles. The number of hydrogen-bond acceptors (Lipinski definition) is 14. The number of nitrogen functional groups attached to an aromatic ring is 1. The van der Waals surface area contributed by atoms with Gasteiger partial charge in [0.1, 0.15) is 35.4 Å². The Morgan fingerprint density at radius 1 is 0.879 bits per heavy atom. The van der Waals surface area contributed by atoms with Gasteiger partial charge in [-0.25, -0.2) is 14.6 Å². The summed E-state index contributed by atoms with van der Waals surface area (Å²) in [4.78, 5) is 87.0. The van der Waals surface area contributed by atoms with Crippen LogP contribution in [0.4, 0.5) is 11.5 Å². The smallest absolute Gasteiger partial charge is 0.264 e. The molecule has 6 N–H and O–H groups in total. The number of carbonyl (C=O) groups is 6. The highest BCUT2D eigenvalue weighted by atomic mass is 16.5. The molecule has 2 aromatic heterocycles. The number of rotatable bonds is 19. The molecule has 2 saturated heterocycles. The number of imide groups is 2. The molecule has 0 aliphatic carbocycles. The van der Waals surface area contributed by atoms with E-state index in [4.69, 9.17) is 30.8 Å². The molecule has 19 heteroatoms. The van der Waals surface area contributed by atoms with Crippen LogP contribution < -0.4 is 26.8 Å². The lowest BCUT2D eigenvalue weighted by Gasteiger charge is -2.32. The summed E-state index contributed by atoms with van der Waals surface area (Å²) in [7, 11) is 0. The number of fused-ring (bicyclic) bond motifs is 2. The number of benzene rings is 3. The summed E-state index contributed by atoms with van der Waals surface area (Å²) in [5.74, 6) is -1.97. The molecule has 2 fully saturated rings. The van der Waals surface area contributed by atoms with Crippen LogP contribution in [0.5, 0.6) is 11.5 Å². The predicted molar refractivity (Wildman–Crippen MR) is 242 cm³/mol. The Labute approximate surface area is 379 Å². The van der Waals surface area contributed by atoms with Crippen LogP contribution in [0, 0.1) is 0 Å². The van der Waals surface area contributed by atoms with Crippen LogP contribution in [0.25, 0.3) is 28.4 Å². The van der Waals surface area contributed by atoms with Crippen LogP contribution >= 0.6 is 0 Å². The SMILES string of the molecule is NC(=O)C=Cc1cc(-c2nn(C3CCN(CCCOCCCOCCC(=O)Nc4cccc5c4C(=O)N(C4CCC(=O)NC4=O)C5=O)CC3)c3ncnc(N)c23)ccc1Oc1ccccc1. The Morgan fingerprint density at radius 2 is 1.65 bits per heavy atom. The van der Waals surface area contributed by atoms with E-state index >= 15 is 0 Å². The van der Waals surface area contributed by atoms with Crippen LogP contribution in [0.3, 0.4) is 0 Å². The molecule has 0 radical (unpaired) electrons. The van der Waals surface area contributed by atoms with Gasteiger partial charge in [-0.15, -0.1) is 0 Å². The van der Waals surface area contributed by atoms with Gasteiger partial charge in [-0.05, 0) is 80.6 Å². The molecule has 342 valence electrons. The van der Waals surface area contributed by atoms with Crippen molar-refractivity contribution in [3.8, 4) is 22.8 Å². The quantitative estimate of drug-likeness (QED) is 0.0514. The molecular weight excluding hydrogens is 849 g/mol. The van der Waals surface area contributed by atoms with Crippen molar-refractivity contribution in [1.29, 1.82) is 0 Å². The number of nitrogens with two attached hydrogens (primary N) is 2. The van der Waals surface area contributed by atoms with Gasteiger partial charge in [-0.1, -0.05) is 24.3 Å². The van der Waals surface area contributed by atoms with Crippen molar-refractivity contribution >= 4 is 64.1 Å². The maximum Gasteiger partial charge on any atom is 0.264 e. The third-order valence-electron chi connectivity index (χ3n) is 11.7. The first-order chi connectivity index (χ1) is 32.0. The zero-order valence-electron chi connectivity index (χ0n) is 36.1. The molecule has 5 aromatic rings. The Bertz CT molecular complexity index is 2680. The van der Waals surface area contributed by atoms with Crippen molar-refractivity contribution in [3.63, 3.8) is 0 Å². The zero-order valence-corrected chi connectivity index (χ0v) is 36.1. The van der Waals surface area contributed by atoms with Crippen molar-refractivity contribution in [2.75, 3.05) is 57.1 Å². The molecule has 0 bridgehead atoms. The fourth-order valence-corrected chi connectivity index (χ4v) is 8.40. The first-order valence-corrected chi connectivity index (χ1v) is 21.9. The number of anilines is 2. The van der Waals surface area contributed by atoms with Gasteiger partial charge in [-0.2, -0.15) is 5.10 Å². The number of nitrogens with one attached hydrogen (secondary N) is 2. The summed E-state index contributed by atoms with van der Waals surface area (Å²) in [6.45, 7) is 4.29. The van der Waals surface area contributed by atoms with Gasteiger partial charge in [-0.3, -0.25) is 39.0 Å². The van der Waals surface area contributed by atoms with Gasteiger partial charge in [0.25, 0.3) is 11.8 Å². The molecule has 19 nitrogen and oxygen atoms in total. The minimum atomic E-state index is -1.10. The lowest BCUT2D eigenvalue weighted by Crippen LogP contribution is -2.54. The van der Waals surface area contributed by atoms with Gasteiger partial charge >= 0.3 is 0 Å². The highest BCUT2D eigenvalue weighted by Crippen LogP contribution is 2.37. The topological polar surface area (TPSA) is 256 Å². The summed E-state index contributed by atoms with van der Waals surface area (Å²) in [6, 6.07) is 18.5. The minimum absolute atomic E-state index is 0.0125. The number of carbonyl (C=O) groups excluding carboxylic acids is 6. The van der Waals surface area contributed by atoms with Crippen LogP contribution in [-0.4, -0.2) is 117 Å². The van der Waals surface area contributed by atoms with Gasteiger partial charge in [0, 0.05) is 63.1 Å². The summed E-state index contributed by atoms with van der Waals surface area (Å²) in [6.07, 6.45) is 7.67. The Hall–Kier alpha value is -7.35. The minimum Gasteiger partial charge on any atom is -0.457 e. The van der Waals surface area contributed by atoms with Crippen LogP contribution in [0.2, 0.25) is 0 Å². The number of likely N-dealkylation sites (tertiary alicyclic amines) is 1. The van der Waals surface area contributed by atoms with Crippen LogP contribution in [-0.2, 0) is 28.7 Å². The third-order valence-corrected chi connectivity index (χ3v) is 11.7. The van der Waals surface area contributed by atoms with Crippen LogP contribution in [0.1, 0.15) is 77.3 Å². The zero-order chi connectivity index (χ0) is 46.2. The lowest BCUT2D eigenvalue weighted by atomic mass is 10.0. The first-order valence-electron chi connectivity index (χ1n) is 21.9. The van der Waals surface area contributed by atoms with Crippen molar-refractivity contribution in [2.45, 2.75) is 57.0 Å². The number of nitrogens with zero attached hydrogens (tertiary/aromatic N) is 6. The molecule has 66 heavy (non-hydrogen) atoms. The Balaban J connectivity index is 0.751. The van der Waals surface area contributed by atoms with E-state index < -0.39 is 41.5 Å². The standard InChI is InChI=1S/C47H50N10O9/c48-37(58)15-12-29-27-30(11-14-36(29)66-32-7-2-1-3-8-32)42-41-43(49)50-28-51-44(41)57(54-42)31-17-21-55(22-18-31)20-5-23-64-24-6-25-65-26-19-39(60)52-34-10-4-9-33-40(34)47(63)56(46(33)62)35-13-16-38(59)53-45(35)61/h1-4,7-12,14-15,27-28,31,35H,5-6,13,16-26H2,(H2,48,58)(H,52,60)(H2,49,50,51)(H,53,59,61). The van der Waals surface area contributed by atoms with Crippen molar-refractivity contribution in [3.05, 3.63) is 95.8 Å². The fourth-order valence-electron chi connectivity index (χ4n) is 8.40. The molecule has 1 atom stereocenters. The van der Waals surface area contributed by atoms with E-state index in [1.165, 1.54) is 24.5 Å². The largest absolute Gasteiger partial charge is 0.457 e. The second-order valence-electron chi connectivity index (χ2n) is 16.1. The van der Waals surface area contributed by atoms with Crippen LogP contribution in [0.15, 0.2) is 79.1 Å². The van der Waals surface area contributed by atoms with Crippen molar-refractivity contribution < 1.29 is 43.0 Å². The van der Waals surface area contributed by atoms with Crippen molar-refractivity contribution in [2.24, 2.45) is 5.73 Å². The molecule has 0 saturated carbocycles. The second kappa shape index (κ2) is 20.7. The van der Waals surface area contributed by atoms with E-state index in [0.717, 1.165) is 49.4 Å². The third kappa shape index (κ3) is 10.3. The number of ether oxygens (including phenoxy) is 3. The summed E-state index contributed by atoms with van der Waals surface area (Å²) >= 11 is 0. The van der Waals surface area contributed by atoms with E-state index in [9.17, 15) is 28.8 Å². The summed E-state index contributed by atoms with van der Waals surface area (Å²) in [5.41, 5.74) is 14.8. The molecule has 3 aliphatic rings. The average Bonchev–Trinajstić information content (AvgIpc) is 3.82. The number of aromatic nitrogens is 4. The van der Waals surface area contributed by atoms with Gasteiger partial charge in [0.15, 0.2) is 5.65 Å². The molecule has 0 spiro atoms. The van der Waals surface area contributed by atoms with E-state index in [1.807, 2.05) is 53.2 Å². The van der Waals surface area contributed by atoms with E-state index in [0.29, 0.717) is 65.8 Å². The maximum absolute atomic E-state index is 13.3. The van der Waals surface area contributed by atoms with Gasteiger partial charge < -0.3 is 35.9 Å². The Morgan fingerprint density at radius 3 is 2.42 bits per heavy atom. The first kappa shape index (κ1) is 45.2. The van der Waals surface area contributed by atoms with E-state index in [1.54, 1.807) is 12.1 Å². The number of piperidine rings is 2. The highest BCUT2D eigenvalue weighted by molar-refractivity contribution is 6.26.